The highest BCUT2D eigenvalue weighted by atomic mass is 16.5. The topological polar surface area (TPSA) is 34.4 Å². The third-order valence-corrected chi connectivity index (χ3v) is 4.98. The van der Waals surface area contributed by atoms with Crippen molar-refractivity contribution in [1.82, 2.24) is 0 Å². The first kappa shape index (κ1) is 12.3. The van der Waals surface area contributed by atoms with Gasteiger partial charge in [0.1, 0.15) is 5.76 Å². The molecule has 1 fully saturated rings. The van der Waals surface area contributed by atoms with Crippen molar-refractivity contribution < 1.29 is 9.15 Å². The molecule has 22 heavy (non-hydrogen) atoms. The number of benzene rings is 2. The van der Waals surface area contributed by atoms with Gasteiger partial charge in [-0.25, -0.2) is 0 Å². The molecule has 2 aliphatic heterocycles. The van der Waals surface area contributed by atoms with Crippen LogP contribution >= 0.6 is 0 Å². The van der Waals surface area contributed by atoms with Crippen LogP contribution in [-0.2, 0) is 4.74 Å². The van der Waals surface area contributed by atoms with E-state index in [-0.39, 0.29) is 12.1 Å². The van der Waals surface area contributed by atoms with Crippen LogP contribution in [0.2, 0.25) is 0 Å². The van der Waals surface area contributed by atoms with Gasteiger partial charge in [0.05, 0.1) is 18.4 Å². The standard InChI is InChI=1S/C19H17NO2/c1-2-5-13-12(4-1)7-8-14-17(13)20-18(16-6-3-10-21-16)15-9-11-22-19(14)15/h1-8,10,15,18-20H,9,11H2/t15-,18-,19-/m0/s1. The van der Waals surface area contributed by atoms with Crippen LogP contribution < -0.4 is 5.32 Å². The molecule has 0 bridgehead atoms. The third-order valence-electron chi connectivity index (χ3n) is 4.98. The van der Waals surface area contributed by atoms with Crippen LogP contribution in [0.25, 0.3) is 10.8 Å². The Hall–Kier alpha value is -2.26. The summed E-state index contributed by atoms with van der Waals surface area (Å²) >= 11 is 0. The maximum atomic E-state index is 6.08. The van der Waals surface area contributed by atoms with Gasteiger partial charge in [-0.2, -0.15) is 0 Å². The number of hydrogen-bond acceptors (Lipinski definition) is 3. The third kappa shape index (κ3) is 1.66. The highest BCUT2D eigenvalue weighted by Gasteiger charge is 2.42. The fraction of sp³-hybridized carbons (Fsp3) is 0.263. The summed E-state index contributed by atoms with van der Waals surface area (Å²) in [7, 11) is 0. The number of nitrogens with one attached hydrogen (secondary N) is 1. The van der Waals surface area contributed by atoms with Gasteiger partial charge in [-0.15, -0.1) is 0 Å². The highest BCUT2D eigenvalue weighted by Crippen LogP contribution is 2.51. The molecule has 0 radical (unpaired) electrons. The maximum absolute atomic E-state index is 6.08. The molecule has 0 aliphatic carbocycles. The minimum Gasteiger partial charge on any atom is -0.467 e. The normalized spacial score (nSPS) is 26.5. The van der Waals surface area contributed by atoms with Gasteiger partial charge in [0, 0.05) is 29.2 Å². The molecule has 110 valence electrons. The summed E-state index contributed by atoms with van der Waals surface area (Å²) in [6, 6.07) is 17.1. The second-order valence-corrected chi connectivity index (χ2v) is 6.13. The molecule has 0 unspecified atom stereocenters. The number of furan rings is 1. The summed E-state index contributed by atoms with van der Waals surface area (Å²) in [6.45, 7) is 0.820. The fourth-order valence-electron chi connectivity index (χ4n) is 3.97. The first-order valence-corrected chi connectivity index (χ1v) is 7.85. The fourth-order valence-corrected chi connectivity index (χ4v) is 3.97. The quantitative estimate of drug-likeness (QED) is 0.707. The van der Waals surface area contributed by atoms with E-state index in [9.17, 15) is 0 Å². The summed E-state index contributed by atoms with van der Waals surface area (Å²) in [5.41, 5.74) is 2.48. The predicted octanol–water partition coefficient (Wildman–Crippen LogP) is 4.68. The second kappa shape index (κ2) is 4.62. The van der Waals surface area contributed by atoms with Crippen molar-refractivity contribution in [3.8, 4) is 0 Å². The molecule has 1 saturated heterocycles. The van der Waals surface area contributed by atoms with E-state index >= 15 is 0 Å². The molecule has 1 N–H and O–H groups in total. The van der Waals surface area contributed by atoms with Crippen LogP contribution in [0.15, 0.2) is 59.2 Å². The van der Waals surface area contributed by atoms with Crippen molar-refractivity contribution >= 4 is 16.5 Å². The Balaban J connectivity index is 1.72. The molecule has 5 rings (SSSR count). The molecule has 3 heteroatoms. The lowest BCUT2D eigenvalue weighted by Gasteiger charge is -2.35. The average molecular weight is 291 g/mol. The SMILES string of the molecule is c1coc([C@H]2Nc3c(ccc4ccccc34)[C@@H]3OCC[C@@H]23)c1. The number of anilines is 1. The van der Waals surface area contributed by atoms with E-state index in [1.807, 2.05) is 6.07 Å². The second-order valence-electron chi connectivity index (χ2n) is 6.13. The zero-order valence-corrected chi connectivity index (χ0v) is 12.2. The van der Waals surface area contributed by atoms with Crippen LogP contribution in [0.5, 0.6) is 0 Å². The Kier molecular flexibility index (Phi) is 2.58. The minimum atomic E-state index is 0.163. The van der Waals surface area contributed by atoms with Crippen LogP contribution in [0.4, 0.5) is 5.69 Å². The van der Waals surface area contributed by atoms with Crippen molar-refractivity contribution in [2.75, 3.05) is 11.9 Å². The molecule has 3 atom stereocenters. The van der Waals surface area contributed by atoms with E-state index in [2.05, 4.69) is 47.8 Å². The van der Waals surface area contributed by atoms with Gasteiger partial charge in [0.2, 0.25) is 0 Å². The van der Waals surface area contributed by atoms with Crippen LogP contribution in [0.1, 0.15) is 29.9 Å². The molecule has 0 amide bonds. The monoisotopic (exact) mass is 291 g/mol. The van der Waals surface area contributed by atoms with Gasteiger partial charge in [0.15, 0.2) is 0 Å². The van der Waals surface area contributed by atoms with E-state index in [1.165, 1.54) is 22.0 Å². The van der Waals surface area contributed by atoms with E-state index in [0.717, 1.165) is 18.8 Å². The Bertz CT molecular complexity index is 825. The number of hydrogen-bond donors (Lipinski definition) is 1. The highest BCUT2D eigenvalue weighted by molar-refractivity contribution is 5.96. The van der Waals surface area contributed by atoms with Crippen molar-refractivity contribution in [3.05, 3.63) is 66.1 Å². The predicted molar refractivity (Wildman–Crippen MR) is 85.8 cm³/mol. The largest absolute Gasteiger partial charge is 0.467 e. The molecular formula is C19H17NO2. The van der Waals surface area contributed by atoms with E-state index in [0.29, 0.717) is 5.92 Å². The van der Waals surface area contributed by atoms with Gasteiger partial charge in [-0.1, -0.05) is 36.4 Å². The molecule has 0 spiro atoms. The lowest BCUT2D eigenvalue weighted by Crippen LogP contribution is -2.29. The zero-order chi connectivity index (χ0) is 14.5. The van der Waals surface area contributed by atoms with Crippen LogP contribution in [0.3, 0.4) is 0 Å². The summed E-state index contributed by atoms with van der Waals surface area (Å²) in [5.74, 6) is 1.43. The van der Waals surface area contributed by atoms with Gasteiger partial charge >= 0.3 is 0 Å². The lowest BCUT2D eigenvalue weighted by atomic mass is 9.82. The first-order chi connectivity index (χ1) is 10.9. The summed E-state index contributed by atoms with van der Waals surface area (Å²) in [5, 5.41) is 6.25. The lowest BCUT2D eigenvalue weighted by molar-refractivity contribution is 0.0810. The van der Waals surface area contributed by atoms with Crippen LogP contribution in [-0.4, -0.2) is 6.61 Å². The first-order valence-electron chi connectivity index (χ1n) is 7.85. The van der Waals surface area contributed by atoms with Crippen molar-refractivity contribution in [1.29, 1.82) is 0 Å². The number of fused-ring (bicyclic) bond motifs is 5. The molecule has 2 aromatic carbocycles. The summed E-state index contributed by atoms with van der Waals surface area (Å²) < 4.78 is 11.8. The molecule has 1 aromatic heterocycles. The van der Waals surface area contributed by atoms with Crippen molar-refractivity contribution in [3.63, 3.8) is 0 Å². The zero-order valence-electron chi connectivity index (χ0n) is 12.2. The van der Waals surface area contributed by atoms with E-state index < -0.39 is 0 Å². The summed E-state index contributed by atoms with van der Waals surface area (Å²) in [6.07, 6.45) is 2.98. The smallest absolute Gasteiger partial charge is 0.126 e. The molecule has 0 saturated carbocycles. The molecule has 3 heterocycles. The molecule has 3 nitrogen and oxygen atoms in total. The van der Waals surface area contributed by atoms with Gasteiger partial charge in [-0.05, 0) is 23.9 Å². The minimum absolute atomic E-state index is 0.163. The van der Waals surface area contributed by atoms with Crippen LogP contribution in [0, 0.1) is 5.92 Å². The number of ether oxygens (including phenoxy) is 1. The molecule has 2 aliphatic rings. The van der Waals surface area contributed by atoms with Crippen molar-refractivity contribution in [2.24, 2.45) is 5.92 Å². The van der Waals surface area contributed by atoms with E-state index in [4.69, 9.17) is 9.15 Å². The molecular weight excluding hydrogens is 274 g/mol. The summed E-state index contributed by atoms with van der Waals surface area (Å²) in [4.78, 5) is 0. The Morgan fingerprint density at radius 3 is 2.86 bits per heavy atom. The van der Waals surface area contributed by atoms with E-state index in [1.54, 1.807) is 6.26 Å². The Labute approximate surface area is 128 Å². The van der Waals surface area contributed by atoms with Gasteiger partial charge in [0.25, 0.3) is 0 Å². The van der Waals surface area contributed by atoms with Crippen molar-refractivity contribution in [2.45, 2.75) is 18.6 Å². The average Bonchev–Trinajstić information content (AvgIpc) is 3.25. The number of rotatable bonds is 1. The molecule has 3 aromatic rings. The Morgan fingerprint density at radius 2 is 1.95 bits per heavy atom. The van der Waals surface area contributed by atoms with Gasteiger partial charge in [-0.3, -0.25) is 0 Å². The maximum Gasteiger partial charge on any atom is 0.126 e. The Morgan fingerprint density at radius 1 is 1.00 bits per heavy atom. The van der Waals surface area contributed by atoms with Gasteiger partial charge < -0.3 is 14.5 Å².